The predicted molar refractivity (Wildman–Crippen MR) is 156 cm³/mol. The van der Waals surface area contributed by atoms with Crippen LogP contribution in [0, 0.1) is 0 Å². The first kappa shape index (κ1) is 29.0. The van der Waals surface area contributed by atoms with Gasteiger partial charge in [0.2, 0.25) is 15.9 Å². The molecule has 0 radical (unpaired) electrons. The Hall–Kier alpha value is -3.99. The second kappa shape index (κ2) is 11.2. The van der Waals surface area contributed by atoms with E-state index in [-0.39, 0.29) is 16.5 Å². The van der Waals surface area contributed by atoms with Gasteiger partial charge in [-0.1, -0.05) is 24.3 Å². The Morgan fingerprint density at radius 3 is 2.38 bits per heavy atom. The predicted octanol–water partition coefficient (Wildman–Crippen LogP) is 2.13. The summed E-state index contributed by atoms with van der Waals surface area (Å²) in [5, 5.41) is 20.3. The Morgan fingerprint density at radius 2 is 1.75 bits per heavy atom. The van der Waals surface area contributed by atoms with Gasteiger partial charge in [0.1, 0.15) is 0 Å². The topological polar surface area (TPSA) is 156 Å². The molecule has 0 saturated heterocycles. The van der Waals surface area contributed by atoms with Gasteiger partial charge in [-0.25, -0.2) is 13.6 Å². The Balaban J connectivity index is 1.82. The lowest BCUT2D eigenvalue weighted by molar-refractivity contribution is 0.0617. The van der Waals surface area contributed by atoms with Crippen molar-refractivity contribution < 1.29 is 23.1 Å². The van der Waals surface area contributed by atoms with Crippen molar-refractivity contribution in [2.24, 2.45) is 10.9 Å². The highest BCUT2D eigenvalue weighted by Crippen LogP contribution is 2.27. The fourth-order valence-corrected chi connectivity index (χ4v) is 5.07. The van der Waals surface area contributed by atoms with Crippen LogP contribution in [-0.4, -0.2) is 48.4 Å². The highest BCUT2D eigenvalue weighted by Gasteiger charge is 2.19. The average molecular weight is 563 g/mol. The number of fused-ring (bicyclic) bond motifs is 1. The van der Waals surface area contributed by atoms with Crippen LogP contribution in [0.3, 0.4) is 0 Å². The lowest BCUT2D eigenvalue weighted by Crippen LogP contribution is -2.34. The number of benzene rings is 3. The van der Waals surface area contributed by atoms with Gasteiger partial charge in [-0.05, 0) is 92.1 Å². The maximum atomic E-state index is 13.3. The third-order valence-corrected chi connectivity index (χ3v) is 7.82. The minimum Gasteiger partial charge on any atom is -0.390 e. The number of nitrogens with two attached hydrogens (primary N) is 2. The molecule has 3 aromatic rings. The van der Waals surface area contributed by atoms with E-state index in [0.29, 0.717) is 29.8 Å². The minimum atomic E-state index is -3.99. The summed E-state index contributed by atoms with van der Waals surface area (Å²) in [6, 6.07) is 16.3. The van der Waals surface area contributed by atoms with Crippen LogP contribution < -0.4 is 26.6 Å². The third kappa shape index (κ3) is 6.95. The van der Waals surface area contributed by atoms with Gasteiger partial charge in [-0.3, -0.25) is 9.59 Å². The van der Waals surface area contributed by atoms with Crippen LogP contribution in [0.25, 0.3) is 23.4 Å². The number of aliphatic hydroxyl groups is 1. The van der Waals surface area contributed by atoms with Gasteiger partial charge < -0.3 is 21.1 Å². The molecule has 6 N–H and O–H groups in total. The molecule has 4 rings (SSSR count). The lowest BCUT2D eigenvalue weighted by Gasteiger charge is -2.29. The van der Waals surface area contributed by atoms with Gasteiger partial charge in [0.25, 0.3) is 5.91 Å². The van der Waals surface area contributed by atoms with Crippen LogP contribution in [0.15, 0.2) is 65.6 Å². The van der Waals surface area contributed by atoms with Gasteiger partial charge in [0.05, 0.1) is 10.5 Å². The molecule has 1 aliphatic heterocycles. The monoisotopic (exact) mass is 562 g/mol. The maximum absolute atomic E-state index is 13.3. The molecular formula is C30H34N4O5S. The van der Waals surface area contributed by atoms with Gasteiger partial charge in [-0.15, -0.1) is 0 Å². The maximum Gasteiger partial charge on any atom is 0.255 e. The molecule has 1 unspecified atom stereocenters. The van der Waals surface area contributed by atoms with E-state index in [1.807, 2.05) is 18.3 Å². The number of rotatable bonds is 8. The quantitative estimate of drug-likeness (QED) is 0.330. The molecule has 3 aromatic carbocycles. The fraction of sp³-hybridized carbons (Fsp3) is 0.267. The minimum absolute atomic E-state index is 0.132. The van der Waals surface area contributed by atoms with E-state index in [2.05, 4.69) is 23.2 Å². The van der Waals surface area contributed by atoms with Crippen LogP contribution in [-0.2, 0) is 10.0 Å². The second-order valence-electron chi connectivity index (χ2n) is 10.7. The number of nitrogens with zero attached hydrogens (tertiary/aromatic N) is 1. The molecule has 1 heterocycles. The van der Waals surface area contributed by atoms with E-state index in [9.17, 15) is 23.1 Å². The van der Waals surface area contributed by atoms with E-state index in [1.54, 1.807) is 38.1 Å². The molecule has 9 nitrogen and oxygen atoms in total. The summed E-state index contributed by atoms with van der Waals surface area (Å²) in [5.41, 5.74) is 7.07. The highest BCUT2D eigenvalue weighted by atomic mass is 32.2. The molecule has 40 heavy (non-hydrogen) atoms. The summed E-state index contributed by atoms with van der Waals surface area (Å²) in [4.78, 5) is 26.9. The molecule has 2 amide bonds. The SMILES string of the molecule is CC1CC=c2cc(-c3ccc(C(N)=O)cc3)c(NC(=O)c3cccc(S(N)(=O)=O)c3)cc2=CN1CCC(C)(C)O. The van der Waals surface area contributed by atoms with Crippen molar-refractivity contribution in [2.75, 3.05) is 11.9 Å². The Bertz CT molecular complexity index is 1680. The molecule has 10 heteroatoms. The summed E-state index contributed by atoms with van der Waals surface area (Å²) in [6.07, 6.45) is 5.54. The van der Waals surface area contributed by atoms with E-state index < -0.39 is 27.4 Å². The van der Waals surface area contributed by atoms with Crippen LogP contribution in [0.2, 0.25) is 0 Å². The zero-order valence-corrected chi connectivity index (χ0v) is 23.5. The molecule has 1 atom stereocenters. The molecule has 1 aliphatic rings. The Kier molecular flexibility index (Phi) is 8.15. The summed E-state index contributed by atoms with van der Waals surface area (Å²) < 4.78 is 23.7. The van der Waals surface area contributed by atoms with E-state index in [4.69, 9.17) is 10.9 Å². The largest absolute Gasteiger partial charge is 0.390 e. The molecule has 0 bridgehead atoms. The van der Waals surface area contributed by atoms with Crippen molar-refractivity contribution in [2.45, 2.75) is 50.2 Å². The van der Waals surface area contributed by atoms with E-state index >= 15 is 0 Å². The zero-order valence-electron chi connectivity index (χ0n) is 22.7. The normalized spacial score (nSPS) is 15.3. The number of amides is 2. The smallest absolute Gasteiger partial charge is 0.255 e. The summed E-state index contributed by atoms with van der Waals surface area (Å²) >= 11 is 0. The molecule has 0 spiro atoms. The Labute approximate surface area is 233 Å². The second-order valence-corrected chi connectivity index (χ2v) is 12.3. The van der Waals surface area contributed by atoms with Crippen molar-refractivity contribution in [3.63, 3.8) is 0 Å². The lowest BCUT2D eigenvalue weighted by atomic mass is 9.99. The number of sulfonamides is 1. The first-order valence-corrected chi connectivity index (χ1v) is 14.4. The number of nitrogens with one attached hydrogen (secondary N) is 1. The van der Waals surface area contributed by atoms with Gasteiger partial charge in [-0.2, -0.15) is 0 Å². The average Bonchev–Trinajstić information content (AvgIpc) is 3.04. The summed E-state index contributed by atoms with van der Waals surface area (Å²) in [7, 11) is -3.99. The molecule has 0 saturated carbocycles. The third-order valence-electron chi connectivity index (χ3n) is 6.91. The summed E-state index contributed by atoms with van der Waals surface area (Å²) in [5.74, 6) is -1.05. The van der Waals surface area contributed by atoms with Gasteiger partial charge >= 0.3 is 0 Å². The highest BCUT2D eigenvalue weighted by molar-refractivity contribution is 7.89. The number of hydrogen-bond donors (Lipinski definition) is 4. The van der Waals surface area contributed by atoms with Crippen LogP contribution in [0.5, 0.6) is 0 Å². The molecule has 210 valence electrons. The number of carbonyl (C=O) groups excluding carboxylic acids is 2. The first-order valence-electron chi connectivity index (χ1n) is 12.9. The number of hydrogen-bond acceptors (Lipinski definition) is 6. The molecule has 0 aliphatic carbocycles. The number of anilines is 1. The molecule has 0 fully saturated rings. The van der Waals surface area contributed by atoms with Crippen LogP contribution >= 0.6 is 0 Å². The Morgan fingerprint density at radius 1 is 1.05 bits per heavy atom. The van der Waals surface area contributed by atoms with Crippen LogP contribution in [0.1, 0.15) is 54.3 Å². The first-order chi connectivity index (χ1) is 18.7. The van der Waals surface area contributed by atoms with Crippen molar-refractivity contribution >= 4 is 39.8 Å². The van der Waals surface area contributed by atoms with E-state index in [1.165, 1.54) is 24.3 Å². The van der Waals surface area contributed by atoms with Crippen molar-refractivity contribution in [1.29, 1.82) is 0 Å². The number of primary amides is 1. The van der Waals surface area contributed by atoms with Crippen molar-refractivity contribution in [3.8, 4) is 11.1 Å². The van der Waals surface area contributed by atoms with Gasteiger partial charge in [0.15, 0.2) is 0 Å². The van der Waals surface area contributed by atoms with E-state index in [0.717, 1.165) is 22.4 Å². The molecule has 0 aromatic heterocycles. The summed E-state index contributed by atoms with van der Waals surface area (Å²) in [6.45, 7) is 6.33. The number of primary sulfonamides is 1. The zero-order chi connectivity index (χ0) is 29.2. The van der Waals surface area contributed by atoms with Crippen molar-refractivity contribution in [1.82, 2.24) is 4.90 Å². The van der Waals surface area contributed by atoms with Crippen molar-refractivity contribution in [3.05, 3.63) is 82.2 Å². The molecular weight excluding hydrogens is 528 g/mol. The van der Waals surface area contributed by atoms with Crippen LogP contribution in [0.4, 0.5) is 5.69 Å². The fourth-order valence-electron chi connectivity index (χ4n) is 4.51. The number of carbonyl (C=O) groups is 2. The van der Waals surface area contributed by atoms with Gasteiger partial charge in [0, 0.05) is 41.2 Å². The standard InChI is InChI=1S/C30H34N4O5S/c1-19-7-8-22-16-26(20-9-11-21(12-10-20)28(31)35)27(17-24(22)18-34(19)14-13-30(2,3)37)33-29(36)23-5-4-6-25(15-23)40(32,38)39/h4-6,8-12,15-19,37H,7,13-14H2,1-3H3,(H2,31,35)(H,33,36)(H2,32,38,39).